The van der Waals surface area contributed by atoms with Gasteiger partial charge in [0.15, 0.2) is 0 Å². The van der Waals surface area contributed by atoms with Crippen LogP contribution in [-0.4, -0.2) is 5.75 Å². The van der Waals surface area contributed by atoms with Crippen LogP contribution in [0.15, 0.2) is 27.6 Å². The summed E-state index contributed by atoms with van der Waals surface area (Å²) in [6.07, 6.45) is 4.31. The zero-order valence-electron chi connectivity index (χ0n) is 8.00. The number of thioether (sulfide) groups is 1. The van der Waals surface area contributed by atoms with E-state index in [9.17, 15) is 0 Å². The summed E-state index contributed by atoms with van der Waals surface area (Å²) in [6.45, 7) is 0. The van der Waals surface area contributed by atoms with E-state index in [4.69, 9.17) is 0 Å². The normalized spacial score (nSPS) is 25.9. The highest BCUT2D eigenvalue weighted by atomic mass is 79.9. The molecule has 0 spiro atoms. The quantitative estimate of drug-likeness (QED) is 0.726. The van der Waals surface area contributed by atoms with E-state index in [1.807, 2.05) is 11.8 Å². The lowest BCUT2D eigenvalue weighted by Gasteiger charge is -2.25. The van der Waals surface area contributed by atoms with Crippen molar-refractivity contribution in [2.24, 2.45) is 5.92 Å². The molecule has 1 aliphatic carbocycles. The van der Waals surface area contributed by atoms with E-state index in [2.05, 4.69) is 34.1 Å². The standard InChI is InChI=1S/C12H13BrS/c13-11-3-1-2-10-9(8-4-5-8)6-7-14-12(10)11/h1-3,8-9H,4-7H2. The van der Waals surface area contributed by atoms with Crippen LogP contribution in [-0.2, 0) is 0 Å². The first-order valence-electron chi connectivity index (χ1n) is 5.27. The van der Waals surface area contributed by atoms with Gasteiger partial charge in [0, 0.05) is 9.37 Å². The second-order valence-electron chi connectivity index (χ2n) is 4.24. The first kappa shape index (κ1) is 9.29. The Morgan fingerprint density at radius 2 is 2.07 bits per heavy atom. The van der Waals surface area contributed by atoms with E-state index in [1.165, 1.54) is 34.4 Å². The summed E-state index contributed by atoms with van der Waals surface area (Å²) < 4.78 is 1.30. The third kappa shape index (κ3) is 1.53. The van der Waals surface area contributed by atoms with Crippen LogP contribution in [0.1, 0.15) is 30.7 Å². The van der Waals surface area contributed by atoms with Crippen molar-refractivity contribution in [1.29, 1.82) is 0 Å². The Kier molecular flexibility index (Phi) is 2.37. The number of benzene rings is 1. The largest absolute Gasteiger partial charge is 0.125 e. The van der Waals surface area contributed by atoms with E-state index in [-0.39, 0.29) is 0 Å². The molecule has 2 heteroatoms. The first-order valence-corrected chi connectivity index (χ1v) is 7.05. The SMILES string of the molecule is Brc1cccc2c1SCCC2C1CC1. The monoisotopic (exact) mass is 268 g/mol. The zero-order valence-corrected chi connectivity index (χ0v) is 10.4. The molecule has 0 aromatic heterocycles. The molecule has 2 aliphatic rings. The molecule has 1 aliphatic heterocycles. The van der Waals surface area contributed by atoms with Crippen molar-refractivity contribution in [3.63, 3.8) is 0 Å². The topological polar surface area (TPSA) is 0 Å². The highest BCUT2D eigenvalue weighted by Crippen LogP contribution is 2.51. The van der Waals surface area contributed by atoms with Crippen molar-refractivity contribution < 1.29 is 0 Å². The Bertz CT molecular complexity index is 357. The van der Waals surface area contributed by atoms with Crippen molar-refractivity contribution in [3.8, 4) is 0 Å². The third-order valence-corrected chi connectivity index (χ3v) is 5.37. The van der Waals surface area contributed by atoms with E-state index < -0.39 is 0 Å². The minimum atomic E-state index is 0.865. The van der Waals surface area contributed by atoms with Crippen molar-refractivity contribution in [2.75, 3.05) is 5.75 Å². The van der Waals surface area contributed by atoms with E-state index >= 15 is 0 Å². The smallest absolute Gasteiger partial charge is 0.0314 e. The van der Waals surface area contributed by atoms with E-state index in [0.717, 1.165) is 11.8 Å². The molecular formula is C12H13BrS. The maximum atomic E-state index is 3.66. The van der Waals surface area contributed by atoms with Crippen LogP contribution in [0.3, 0.4) is 0 Å². The van der Waals surface area contributed by atoms with Crippen molar-refractivity contribution in [3.05, 3.63) is 28.2 Å². The molecule has 0 nitrogen and oxygen atoms in total. The average molecular weight is 269 g/mol. The van der Waals surface area contributed by atoms with Gasteiger partial charge in [-0.25, -0.2) is 0 Å². The highest BCUT2D eigenvalue weighted by molar-refractivity contribution is 9.10. The molecule has 1 aromatic rings. The minimum Gasteiger partial charge on any atom is -0.125 e. The predicted molar refractivity (Wildman–Crippen MR) is 64.9 cm³/mol. The fraction of sp³-hybridized carbons (Fsp3) is 0.500. The molecule has 0 radical (unpaired) electrons. The molecule has 74 valence electrons. The number of fused-ring (bicyclic) bond motifs is 1. The molecule has 1 fully saturated rings. The van der Waals surface area contributed by atoms with Crippen molar-refractivity contribution in [1.82, 2.24) is 0 Å². The summed E-state index contributed by atoms with van der Waals surface area (Å²) in [5, 5.41) is 0. The molecule has 1 atom stereocenters. The van der Waals surface area contributed by atoms with Gasteiger partial charge in [0.05, 0.1) is 0 Å². The van der Waals surface area contributed by atoms with Gasteiger partial charge in [-0.3, -0.25) is 0 Å². The number of hydrogen-bond donors (Lipinski definition) is 0. The van der Waals surface area contributed by atoms with Gasteiger partial charge in [-0.2, -0.15) is 0 Å². The van der Waals surface area contributed by atoms with Gasteiger partial charge in [-0.1, -0.05) is 12.1 Å². The molecule has 1 unspecified atom stereocenters. The Labute approximate surface area is 97.6 Å². The van der Waals surface area contributed by atoms with Gasteiger partial charge in [-0.05, 0) is 64.4 Å². The van der Waals surface area contributed by atoms with Crippen LogP contribution in [0.25, 0.3) is 0 Å². The van der Waals surface area contributed by atoms with Crippen molar-refractivity contribution >= 4 is 27.7 Å². The summed E-state index contributed by atoms with van der Waals surface area (Å²) in [4.78, 5) is 1.51. The molecule has 14 heavy (non-hydrogen) atoms. The number of hydrogen-bond acceptors (Lipinski definition) is 1. The molecule has 1 saturated carbocycles. The second-order valence-corrected chi connectivity index (χ2v) is 6.20. The van der Waals surface area contributed by atoms with Gasteiger partial charge in [0.2, 0.25) is 0 Å². The fourth-order valence-corrected chi connectivity index (χ4v) is 4.29. The lowest BCUT2D eigenvalue weighted by molar-refractivity contribution is 0.573. The molecule has 0 amide bonds. The van der Waals surface area contributed by atoms with Gasteiger partial charge in [0.1, 0.15) is 0 Å². The predicted octanol–water partition coefficient (Wildman–Crippen LogP) is 4.44. The van der Waals surface area contributed by atoms with Crippen molar-refractivity contribution in [2.45, 2.75) is 30.1 Å². The zero-order chi connectivity index (χ0) is 9.54. The maximum absolute atomic E-state index is 3.66. The Morgan fingerprint density at radius 1 is 1.21 bits per heavy atom. The van der Waals surface area contributed by atoms with Crippen LogP contribution < -0.4 is 0 Å². The van der Waals surface area contributed by atoms with Crippen LogP contribution in [0.5, 0.6) is 0 Å². The average Bonchev–Trinajstić information content (AvgIpc) is 3.01. The molecular weight excluding hydrogens is 256 g/mol. The lowest BCUT2D eigenvalue weighted by atomic mass is 9.91. The van der Waals surface area contributed by atoms with Gasteiger partial charge in [0.25, 0.3) is 0 Å². The molecule has 1 heterocycles. The lowest BCUT2D eigenvalue weighted by Crippen LogP contribution is -2.09. The first-order chi connectivity index (χ1) is 6.86. The van der Waals surface area contributed by atoms with Crippen LogP contribution in [0, 0.1) is 5.92 Å². The summed E-state index contributed by atoms with van der Waals surface area (Å²) in [5.41, 5.74) is 1.61. The Morgan fingerprint density at radius 3 is 2.86 bits per heavy atom. The third-order valence-electron chi connectivity index (χ3n) is 3.26. The second kappa shape index (κ2) is 3.57. The molecule has 0 saturated heterocycles. The highest BCUT2D eigenvalue weighted by Gasteiger charge is 2.35. The molecule has 1 aromatic carbocycles. The maximum Gasteiger partial charge on any atom is 0.0314 e. The molecule has 0 bridgehead atoms. The Hall–Kier alpha value is 0.0500. The van der Waals surface area contributed by atoms with Gasteiger partial charge >= 0.3 is 0 Å². The molecule has 3 rings (SSSR count). The van der Waals surface area contributed by atoms with Crippen LogP contribution in [0.2, 0.25) is 0 Å². The summed E-state index contributed by atoms with van der Waals surface area (Å²) >= 11 is 5.68. The van der Waals surface area contributed by atoms with Crippen LogP contribution >= 0.6 is 27.7 Å². The van der Waals surface area contributed by atoms with Crippen LogP contribution in [0.4, 0.5) is 0 Å². The number of halogens is 1. The Balaban J connectivity index is 2.05. The minimum absolute atomic E-state index is 0.865. The summed E-state index contributed by atoms with van der Waals surface area (Å²) in [5.74, 6) is 3.17. The number of rotatable bonds is 1. The fourth-order valence-electron chi connectivity index (χ4n) is 2.40. The summed E-state index contributed by atoms with van der Waals surface area (Å²) in [7, 11) is 0. The van der Waals surface area contributed by atoms with Gasteiger partial charge < -0.3 is 0 Å². The summed E-state index contributed by atoms with van der Waals surface area (Å²) in [6, 6.07) is 6.68. The molecule has 0 N–H and O–H groups in total. The van der Waals surface area contributed by atoms with Gasteiger partial charge in [-0.15, -0.1) is 11.8 Å². The van der Waals surface area contributed by atoms with E-state index in [0.29, 0.717) is 0 Å². The van der Waals surface area contributed by atoms with E-state index in [1.54, 1.807) is 5.56 Å².